The molecule has 0 unspecified atom stereocenters. The molecule has 0 aliphatic rings. The van der Waals surface area contributed by atoms with Crippen LogP contribution in [0.4, 0.5) is 0 Å². The minimum absolute atomic E-state index is 1.23. The quantitative estimate of drug-likeness (QED) is 0.697. The van der Waals surface area contributed by atoms with E-state index in [2.05, 4.69) is 34.3 Å². The van der Waals surface area contributed by atoms with Crippen molar-refractivity contribution in [1.29, 1.82) is 0 Å². The molecule has 2 rings (SSSR count). The van der Waals surface area contributed by atoms with Crippen LogP contribution in [0.15, 0.2) is 48.8 Å². The van der Waals surface area contributed by atoms with Crippen LogP contribution in [0.3, 0.4) is 0 Å². The molecule has 0 N–H and O–H groups in total. The Kier molecular flexibility index (Phi) is 2.00. The Morgan fingerprint density at radius 3 is 2.25 bits per heavy atom. The Hall–Kier alpha value is -1.02. The van der Waals surface area contributed by atoms with Crippen molar-refractivity contribution in [1.82, 2.24) is 3.59 Å². The molecule has 2 heteroatoms. The van der Waals surface area contributed by atoms with Crippen LogP contribution in [0.2, 0.25) is 0 Å². The fraction of sp³-hybridized carbons (Fsp3) is 0. The number of rotatable bonds is 1. The van der Waals surface area contributed by atoms with E-state index >= 15 is 0 Å². The average molecular weight is 222 g/mol. The van der Waals surface area contributed by atoms with E-state index in [-0.39, 0.29) is 0 Å². The highest BCUT2D eigenvalue weighted by Crippen LogP contribution is 2.19. The van der Waals surface area contributed by atoms with Crippen molar-refractivity contribution in [3.8, 4) is 11.1 Å². The molecule has 0 fully saturated rings. The predicted octanol–water partition coefficient (Wildman–Crippen LogP) is 3.31. The SMILES string of the molecule is Brn1ccc(-c2ccccc2)c1. The fourth-order valence-electron chi connectivity index (χ4n) is 1.17. The molecule has 12 heavy (non-hydrogen) atoms. The van der Waals surface area contributed by atoms with Crippen LogP contribution in [0, 0.1) is 0 Å². The van der Waals surface area contributed by atoms with Crippen LogP contribution < -0.4 is 0 Å². The Labute approximate surface area is 80.0 Å². The maximum Gasteiger partial charge on any atom is 0.0539 e. The normalized spacial score (nSPS) is 10.1. The molecule has 1 aromatic heterocycles. The van der Waals surface area contributed by atoms with Crippen molar-refractivity contribution in [2.24, 2.45) is 0 Å². The van der Waals surface area contributed by atoms with Crippen molar-refractivity contribution in [2.45, 2.75) is 0 Å². The van der Waals surface area contributed by atoms with Gasteiger partial charge in [-0.15, -0.1) is 0 Å². The van der Waals surface area contributed by atoms with E-state index in [1.807, 2.05) is 34.2 Å². The summed E-state index contributed by atoms with van der Waals surface area (Å²) >= 11 is 3.35. The van der Waals surface area contributed by atoms with Gasteiger partial charge in [0.2, 0.25) is 0 Å². The van der Waals surface area contributed by atoms with Gasteiger partial charge >= 0.3 is 0 Å². The zero-order valence-electron chi connectivity index (χ0n) is 6.44. The summed E-state index contributed by atoms with van der Waals surface area (Å²) in [6.07, 6.45) is 4.01. The fourth-order valence-corrected chi connectivity index (χ4v) is 1.51. The lowest BCUT2D eigenvalue weighted by atomic mass is 10.1. The molecule has 0 radical (unpaired) electrons. The van der Waals surface area contributed by atoms with E-state index in [0.29, 0.717) is 0 Å². The molecule has 0 bridgehead atoms. The summed E-state index contributed by atoms with van der Waals surface area (Å²) in [6.45, 7) is 0. The summed E-state index contributed by atoms with van der Waals surface area (Å²) < 4.78 is 1.87. The van der Waals surface area contributed by atoms with Crippen LogP contribution in [-0.4, -0.2) is 3.59 Å². The minimum atomic E-state index is 1.23. The summed E-state index contributed by atoms with van der Waals surface area (Å²) in [7, 11) is 0. The highest BCUT2D eigenvalue weighted by atomic mass is 79.9. The molecule has 0 aliphatic carbocycles. The molecule has 0 spiro atoms. The molecular formula is C10H8BrN. The highest BCUT2D eigenvalue weighted by molar-refractivity contribution is 9.08. The molecule has 1 nitrogen and oxygen atoms in total. The first-order chi connectivity index (χ1) is 5.86. The third-order valence-electron chi connectivity index (χ3n) is 1.77. The molecule has 2 aromatic rings. The van der Waals surface area contributed by atoms with Gasteiger partial charge in [-0.25, -0.2) is 0 Å². The molecule has 1 heterocycles. The van der Waals surface area contributed by atoms with Gasteiger partial charge in [-0.2, -0.15) is 0 Å². The van der Waals surface area contributed by atoms with Gasteiger partial charge in [0.05, 0.1) is 16.1 Å². The molecule has 60 valence electrons. The summed E-state index contributed by atoms with van der Waals surface area (Å²) in [6, 6.07) is 12.4. The molecule has 0 saturated heterocycles. The maximum absolute atomic E-state index is 3.35. The average Bonchev–Trinajstić information content (AvgIpc) is 2.54. The Morgan fingerprint density at radius 2 is 1.67 bits per heavy atom. The largest absolute Gasteiger partial charge is 0.291 e. The third-order valence-corrected chi connectivity index (χ3v) is 2.21. The number of nitrogens with zero attached hydrogens (tertiary/aromatic N) is 1. The zero-order chi connectivity index (χ0) is 8.39. The lowest BCUT2D eigenvalue weighted by Gasteiger charge is -1.94. The van der Waals surface area contributed by atoms with Crippen LogP contribution in [0.1, 0.15) is 0 Å². The van der Waals surface area contributed by atoms with E-state index in [0.717, 1.165) is 0 Å². The molecule has 0 saturated carbocycles. The number of aromatic nitrogens is 1. The van der Waals surface area contributed by atoms with Gasteiger partial charge in [-0.1, -0.05) is 30.3 Å². The van der Waals surface area contributed by atoms with E-state index in [1.165, 1.54) is 11.1 Å². The lowest BCUT2D eigenvalue weighted by Crippen LogP contribution is -1.71. The maximum atomic E-state index is 3.35. The van der Waals surface area contributed by atoms with Crippen LogP contribution in [-0.2, 0) is 0 Å². The second-order valence-corrected chi connectivity index (χ2v) is 3.43. The predicted molar refractivity (Wildman–Crippen MR) is 54.2 cm³/mol. The van der Waals surface area contributed by atoms with Gasteiger partial charge in [0.15, 0.2) is 0 Å². The Balaban J connectivity index is 2.45. The van der Waals surface area contributed by atoms with Gasteiger partial charge in [0, 0.05) is 18.0 Å². The van der Waals surface area contributed by atoms with Gasteiger partial charge < -0.3 is 0 Å². The van der Waals surface area contributed by atoms with Gasteiger partial charge in [0.25, 0.3) is 0 Å². The van der Waals surface area contributed by atoms with Gasteiger partial charge in [-0.05, 0) is 11.6 Å². The van der Waals surface area contributed by atoms with Crippen molar-refractivity contribution in [3.05, 3.63) is 48.8 Å². The number of benzene rings is 1. The van der Waals surface area contributed by atoms with E-state index in [1.54, 1.807) is 0 Å². The standard InChI is InChI=1S/C10H8BrN/c11-12-7-6-10(8-12)9-4-2-1-3-5-9/h1-8H. The van der Waals surface area contributed by atoms with E-state index in [4.69, 9.17) is 0 Å². The van der Waals surface area contributed by atoms with Crippen molar-refractivity contribution in [2.75, 3.05) is 0 Å². The number of hydrogen-bond donors (Lipinski definition) is 0. The number of halogens is 1. The summed E-state index contributed by atoms with van der Waals surface area (Å²) in [5.74, 6) is 0. The minimum Gasteiger partial charge on any atom is -0.291 e. The van der Waals surface area contributed by atoms with Crippen molar-refractivity contribution in [3.63, 3.8) is 0 Å². The molecule has 0 amide bonds. The topological polar surface area (TPSA) is 4.93 Å². The third kappa shape index (κ3) is 1.43. The first-order valence-corrected chi connectivity index (χ1v) is 4.47. The van der Waals surface area contributed by atoms with Crippen molar-refractivity contribution >= 4 is 16.1 Å². The van der Waals surface area contributed by atoms with Crippen LogP contribution in [0.5, 0.6) is 0 Å². The van der Waals surface area contributed by atoms with Gasteiger partial charge in [-0.3, -0.25) is 3.59 Å². The van der Waals surface area contributed by atoms with E-state index in [9.17, 15) is 0 Å². The first kappa shape index (κ1) is 7.62. The summed E-state index contributed by atoms with van der Waals surface area (Å²) in [5.41, 5.74) is 2.48. The lowest BCUT2D eigenvalue weighted by molar-refractivity contribution is 1.33. The van der Waals surface area contributed by atoms with E-state index < -0.39 is 0 Å². The van der Waals surface area contributed by atoms with Crippen LogP contribution >= 0.6 is 16.1 Å². The summed E-state index contributed by atoms with van der Waals surface area (Å²) in [4.78, 5) is 0. The monoisotopic (exact) mass is 221 g/mol. The highest BCUT2D eigenvalue weighted by Gasteiger charge is 1.96. The second kappa shape index (κ2) is 3.15. The molecule has 1 aromatic carbocycles. The second-order valence-electron chi connectivity index (χ2n) is 2.61. The molecule has 0 aliphatic heterocycles. The Morgan fingerprint density at radius 1 is 0.917 bits per heavy atom. The smallest absolute Gasteiger partial charge is 0.0539 e. The molecular weight excluding hydrogens is 214 g/mol. The number of hydrogen-bond acceptors (Lipinski definition) is 0. The summed E-state index contributed by atoms with van der Waals surface area (Å²) in [5, 5.41) is 0. The molecule has 0 atom stereocenters. The van der Waals surface area contributed by atoms with Crippen LogP contribution in [0.25, 0.3) is 11.1 Å². The Bertz CT molecular complexity index is 364. The van der Waals surface area contributed by atoms with Crippen molar-refractivity contribution < 1.29 is 0 Å². The van der Waals surface area contributed by atoms with Gasteiger partial charge in [0.1, 0.15) is 0 Å². The first-order valence-electron chi connectivity index (χ1n) is 3.76. The zero-order valence-corrected chi connectivity index (χ0v) is 8.03.